The maximum Gasteiger partial charge on any atom is 0.415 e. The number of hydrogen-bond donors (Lipinski definition) is 10. The number of benzene rings is 1. The van der Waals surface area contributed by atoms with Crippen molar-refractivity contribution in [1.82, 2.24) is 76.4 Å². The molecule has 1 fully saturated rings. The van der Waals surface area contributed by atoms with Gasteiger partial charge in [-0.1, -0.05) is 48.9 Å². The van der Waals surface area contributed by atoms with Crippen molar-refractivity contribution in [2.24, 2.45) is 0 Å². The van der Waals surface area contributed by atoms with E-state index < -0.39 is 89.5 Å². The molecule has 16 heterocycles. The molecule has 696 valence electrons. The number of amides is 15. The summed E-state index contributed by atoms with van der Waals surface area (Å²) >= 11 is 11.9. The molecule has 52 heteroatoms. The largest absolute Gasteiger partial charge is 0.447 e. The predicted octanol–water partition coefficient (Wildman–Crippen LogP) is 14.8. The second kappa shape index (κ2) is 48.7. The lowest BCUT2D eigenvalue weighted by Crippen LogP contribution is -2.34. The number of methoxy groups -OCH3 is 1. The summed E-state index contributed by atoms with van der Waals surface area (Å²) in [5.41, 5.74) is 4.67. The van der Waals surface area contributed by atoms with Crippen LogP contribution in [0.5, 0.6) is 0 Å². The van der Waals surface area contributed by atoms with Gasteiger partial charge in [-0.3, -0.25) is 99.4 Å². The van der Waals surface area contributed by atoms with Crippen LogP contribution in [0.1, 0.15) is 113 Å². The van der Waals surface area contributed by atoms with Gasteiger partial charge >= 0.3 is 30.5 Å². The van der Waals surface area contributed by atoms with Crippen molar-refractivity contribution in [3.63, 3.8) is 0 Å². The normalized spacial score (nSPS) is 11.5. The lowest BCUT2D eigenvalue weighted by molar-refractivity contribution is 0.0749. The number of ether oxygens (including phenoxy) is 7. The summed E-state index contributed by atoms with van der Waals surface area (Å²) < 4.78 is 38.2. The summed E-state index contributed by atoms with van der Waals surface area (Å²) in [6, 6.07) is 25.5. The first kappa shape index (κ1) is 98.7. The third-order valence-corrected chi connectivity index (χ3v) is 26.5. The number of pyridine rings is 5. The fraction of sp³-hybridized carbons (Fsp3) is 0.118. The molecule has 0 saturated carbocycles. The SMILES string of the molecule is C#CCOC(=O)NC(=O)c1ccsc1NC(=O)c1nc2cnccc2s1.C=CCOC(=O)NC(=O)c1ccsc1NC(=O)c1nc2cnccc2s1.COCCOC(=O)NC(=O)c1ccsc1NC(=O)c1nc2cnccc2s1.O=C(NC(=O)c1ccsc1NC(=O)c1nc2cnccc2s1)OC1CCOC1.O=C(NC(=O)c1ccsc1NC(=O)c1nc2cnccc2s1)OCc1ccccc1. The maximum atomic E-state index is 12.5. The van der Waals surface area contributed by atoms with E-state index in [1.807, 2.05) is 23.5 Å². The zero-order valence-corrected chi connectivity index (χ0v) is 78.1. The highest BCUT2D eigenvalue weighted by atomic mass is 32.1. The highest BCUT2D eigenvalue weighted by molar-refractivity contribution is 7.23. The molecule has 0 radical (unpaired) electrons. The number of anilines is 5. The number of fused-ring (bicyclic) bond motifs is 5. The third kappa shape index (κ3) is 27.7. The van der Waals surface area contributed by atoms with Crippen molar-refractivity contribution >= 4 is 279 Å². The van der Waals surface area contributed by atoms with Crippen LogP contribution in [0.4, 0.5) is 49.0 Å². The number of terminal acetylenes is 1. The summed E-state index contributed by atoms with van der Waals surface area (Å²) in [5.74, 6) is -3.52. The fourth-order valence-electron chi connectivity index (χ4n) is 11.0. The molecular formula is C85H64N20O22S10. The smallest absolute Gasteiger partial charge is 0.415 e. The Hall–Kier alpha value is -15.8. The zero-order valence-electron chi connectivity index (χ0n) is 70.0. The minimum absolute atomic E-state index is 0.0151. The monoisotopic (exact) mass is 2040 g/mol. The van der Waals surface area contributed by atoms with Gasteiger partial charge in [0, 0.05) is 44.5 Å². The Morgan fingerprint density at radius 3 is 0.993 bits per heavy atom. The summed E-state index contributed by atoms with van der Waals surface area (Å²) in [6.45, 7) is 4.27. The van der Waals surface area contributed by atoms with Crippen LogP contribution in [0.3, 0.4) is 0 Å². The van der Waals surface area contributed by atoms with Crippen LogP contribution in [0, 0.1) is 12.3 Å². The minimum Gasteiger partial charge on any atom is -0.447 e. The van der Waals surface area contributed by atoms with Gasteiger partial charge in [0.2, 0.25) is 0 Å². The Kier molecular flexibility index (Phi) is 35.1. The van der Waals surface area contributed by atoms with Crippen molar-refractivity contribution in [3.8, 4) is 12.3 Å². The lowest BCUT2D eigenvalue weighted by Gasteiger charge is -2.10. The van der Waals surface area contributed by atoms with E-state index in [9.17, 15) is 71.9 Å². The van der Waals surface area contributed by atoms with Crippen molar-refractivity contribution in [2.75, 3.05) is 73.3 Å². The first-order valence-electron chi connectivity index (χ1n) is 39.0. The van der Waals surface area contributed by atoms with Crippen LogP contribution in [0.25, 0.3) is 51.1 Å². The molecule has 137 heavy (non-hydrogen) atoms. The number of aromatic nitrogens is 10. The third-order valence-electron chi connectivity index (χ3n) is 17.2. The van der Waals surface area contributed by atoms with Crippen LogP contribution >= 0.6 is 113 Å². The van der Waals surface area contributed by atoms with Gasteiger partial charge < -0.3 is 59.7 Å². The Bertz CT molecular complexity index is 7060. The second-order valence-corrected chi connectivity index (χ2v) is 36.2. The maximum absolute atomic E-state index is 12.5. The highest BCUT2D eigenvalue weighted by Gasteiger charge is 2.29. The molecule has 1 atom stereocenters. The molecule has 0 aliphatic carbocycles. The Balaban J connectivity index is 0.000000145. The zero-order chi connectivity index (χ0) is 96.7. The van der Waals surface area contributed by atoms with Crippen LogP contribution in [0.2, 0.25) is 0 Å². The molecule has 10 N–H and O–H groups in total. The van der Waals surface area contributed by atoms with Gasteiger partial charge in [-0.05, 0) is 93.1 Å². The Morgan fingerprint density at radius 1 is 0.394 bits per heavy atom. The molecule has 17 rings (SSSR count). The number of alkyl carbamates (subject to hydrolysis) is 5. The number of thiophene rings is 5. The van der Waals surface area contributed by atoms with Crippen molar-refractivity contribution in [2.45, 2.75) is 19.1 Å². The van der Waals surface area contributed by atoms with Crippen LogP contribution in [-0.2, 0) is 39.8 Å². The Morgan fingerprint density at radius 2 is 0.701 bits per heavy atom. The van der Waals surface area contributed by atoms with E-state index in [0.717, 1.165) is 74.4 Å². The van der Waals surface area contributed by atoms with Gasteiger partial charge in [0.15, 0.2) is 31.6 Å². The number of imide groups is 5. The molecule has 0 bridgehead atoms. The molecule has 1 aromatic carbocycles. The van der Waals surface area contributed by atoms with E-state index in [1.165, 1.54) is 112 Å². The molecule has 42 nitrogen and oxygen atoms in total. The van der Waals surface area contributed by atoms with E-state index in [4.69, 9.17) is 34.8 Å². The molecule has 1 saturated heterocycles. The predicted molar refractivity (Wildman–Crippen MR) is 513 cm³/mol. The number of carbonyl (C=O) groups is 15. The van der Waals surface area contributed by atoms with E-state index in [0.29, 0.717) is 67.2 Å². The number of rotatable bonds is 24. The van der Waals surface area contributed by atoms with Crippen molar-refractivity contribution < 1.29 is 105 Å². The van der Waals surface area contributed by atoms with Crippen LogP contribution in [0.15, 0.2) is 193 Å². The number of nitrogens with zero attached hydrogens (tertiary/aromatic N) is 10. The first-order chi connectivity index (χ1) is 66.4. The molecular weight excluding hydrogens is 1970 g/mol. The van der Waals surface area contributed by atoms with E-state index in [1.54, 1.807) is 131 Å². The lowest BCUT2D eigenvalue weighted by atomic mass is 10.2. The van der Waals surface area contributed by atoms with Gasteiger partial charge in [-0.15, -0.1) is 120 Å². The minimum atomic E-state index is -0.963. The van der Waals surface area contributed by atoms with Gasteiger partial charge in [-0.25, -0.2) is 48.9 Å². The molecule has 0 spiro atoms. The van der Waals surface area contributed by atoms with E-state index >= 15 is 0 Å². The molecule has 15 amide bonds. The topological polar surface area (TPSA) is 570 Å². The number of carbonyl (C=O) groups excluding carboxylic acids is 15. The summed E-state index contributed by atoms with van der Waals surface area (Å²) in [7, 11) is 1.47. The van der Waals surface area contributed by atoms with Gasteiger partial charge in [0.05, 0.1) is 102 Å². The fourth-order valence-corrected chi connectivity index (χ4v) is 19.0. The van der Waals surface area contributed by atoms with E-state index in [2.05, 4.69) is 115 Å². The molecule has 15 aromatic heterocycles. The van der Waals surface area contributed by atoms with Crippen LogP contribution in [-0.4, -0.2) is 192 Å². The average Bonchev–Trinajstić information content (AvgIpc) is 1.69. The van der Waals surface area contributed by atoms with Crippen molar-refractivity contribution in [1.29, 1.82) is 0 Å². The van der Waals surface area contributed by atoms with Gasteiger partial charge in [-0.2, -0.15) is 0 Å². The average molecular weight is 2040 g/mol. The molecule has 1 unspecified atom stereocenters. The summed E-state index contributed by atoms with van der Waals surface area (Å²) in [6.07, 6.45) is 18.1. The second-order valence-electron chi connectivity index (χ2n) is 26.4. The Labute approximate surface area is 810 Å². The molecule has 16 aromatic rings. The van der Waals surface area contributed by atoms with Crippen molar-refractivity contribution in [3.05, 3.63) is 251 Å². The first-order valence-corrected chi connectivity index (χ1v) is 47.5. The summed E-state index contributed by atoms with van der Waals surface area (Å²) in [4.78, 5) is 223. The van der Waals surface area contributed by atoms with Crippen LogP contribution < -0.4 is 53.2 Å². The number of hydrogen-bond acceptors (Lipinski definition) is 42. The number of nitrogens with one attached hydrogen (secondary N) is 10. The quantitative estimate of drug-likeness (QED) is 0.0116. The molecule has 1 aliphatic rings. The highest BCUT2D eigenvalue weighted by Crippen LogP contribution is 2.33. The number of thiazole rings is 5. The standard InChI is InChI=1S/C20H14N4O4S2.C17H14N4O5S2.C16H14N4O5S2.C16H12N4O4S2.C16H10N4O4S2/c25-16(24-20(27)28-11-12-4-2-1-3-5-12)13-7-9-29-18(13)23-17(26)19-22-14-10-21-8-6-15(14)30-19;22-13(21-17(24)26-9-2-5-25-8-9)10-3-6-27-15(10)20-14(23)16-19-11-7-18-4-1-12(11)28-16;1-24-5-6-25-16(23)20-12(21)9-3-7-26-14(9)19-13(22)15-18-10-8-17-4-2-11(10)27-15;2*1-2-6-24-16(23)20-12(21)9-4-7-25-14(9)19-13(22)15-18-10-8-17-5-3-11(10)26-15/h1-10H,11H2,(H,23,26)(H,24,25,27);1,3-4,6-7,9H,2,5,8H2,(H,20,23)(H,21,22,24);2-4,7-8H,5-6H2,1H3,(H,19,22)(H,20,21,23);2-5,7-8H,1,6H2,(H,19,22)(H,20,21,23);1,3-5,7-8H,6H2,(H,19,22)(H,20,21,23). The molecule has 1 aliphatic heterocycles. The van der Waals surface area contributed by atoms with Gasteiger partial charge in [0.1, 0.15) is 78.5 Å². The van der Waals surface area contributed by atoms with Gasteiger partial charge in [0.25, 0.3) is 59.1 Å². The van der Waals surface area contributed by atoms with E-state index in [-0.39, 0.29) is 97.0 Å². The summed E-state index contributed by atoms with van der Waals surface area (Å²) in [5, 5.41) is 34.7.